The van der Waals surface area contributed by atoms with Gasteiger partial charge in [0.25, 0.3) is 0 Å². The van der Waals surface area contributed by atoms with Gasteiger partial charge in [-0.15, -0.1) is 11.8 Å². The Bertz CT molecular complexity index is 124. The van der Waals surface area contributed by atoms with Gasteiger partial charge in [0.2, 0.25) is 0 Å². The van der Waals surface area contributed by atoms with E-state index in [-0.39, 0.29) is 4.58 Å². The van der Waals surface area contributed by atoms with Crippen LogP contribution in [0.1, 0.15) is 6.42 Å². The average Bonchev–Trinajstić information content (AvgIpc) is 2.12. The highest BCUT2D eigenvalue weighted by atomic mass is 32.2. The third-order valence-corrected chi connectivity index (χ3v) is 3.20. The van der Waals surface area contributed by atoms with E-state index in [0.717, 1.165) is 6.42 Å². The molecule has 46 valence electrons. The second-order valence-electron chi connectivity index (χ2n) is 1.45. The summed E-state index contributed by atoms with van der Waals surface area (Å²) in [6.45, 7) is 0. The SMILES string of the molecule is O=S(O)C1CC=CS1. The van der Waals surface area contributed by atoms with Crippen LogP contribution >= 0.6 is 11.8 Å². The van der Waals surface area contributed by atoms with Gasteiger partial charge in [0, 0.05) is 0 Å². The van der Waals surface area contributed by atoms with E-state index in [1.54, 1.807) is 0 Å². The smallest absolute Gasteiger partial charge is 0.166 e. The van der Waals surface area contributed by atoms with Crippen molar-refractivity contribution in [3.8, 4) is 0 Å². The van der Waals surface area contributed by atoms with Crippen LogP contribution in [0.4, 0.5) is 0 Å². The van der Waals surface area contributed by atoms with Crippen LogP contribution in [0.5, 0.6) is 0 Å². The predicted molar refractivity (Wildman–Crippen MR) is 35.9 cm³/mol. The molecule has 0 radical (unpaired) electrons. The Morgan fingerprint density at radius 1 is 1.88 bits per heavy atom. The predicted octanol–water partition coefficient (Wildman–Crippen LogP) is 1.18. The van der Waals surface area contributed by atoms with E-state index in [9.17, 15) is 4.21 Å². The van der Waals surface area contributed by atoms with E-state index in [2.05, 4.69) is 0 Å². The molecule has 1 aliphatic rings. The maximum Gasteiger partial charge on any atom is 0.166 e. The van der Waals surface area contributed by atoms with Crippen LogP contribution < -0.4 is 0 Å². The Morgan fingerprint density at radius 3 is 2.88 bits per heavy atom. The van der Waals surface area contributed by atoms with Crippen molar-refractivity contribution in [3.05, 3.63) is 11.5 Å². The molecule has 1 aliphatic heterocycles. The summed E-state index contributed by atoms with van der Waals surface area (Å²) in [4.78, 5) is 0. The Balaban J connectivity index is 2.41. The van der Waals surface area contributed by atoms with Crippen molar-refractivity contribution >= 4 is 22.8 Å². The maximum atomic E-state index is 10.3. The molecule has 0 aromatic carbocycles. The lowest BCUT2D eigenvalue weighted by Gasteiger charge is -1.98. The van der Waals surface area contributed by atoms with Gasteiger partial charge in [-0.1, -0.05) is 6.08 Å². The molecule has 1 heterocycles. The largest absolute Gasteiger partial charge is 0.305 e. The first-order valence-electron chi connectivity index (χ1n) is 2.21. The molecule has 2 nitrogen and oxygen atoms in total. The van der Waals surface area contributed by atoms with E-state index in [1.807, 2.05) is 11.5 Å². The van der Waals surface area contributed by atoms with Crippen LogP contribution in [0.2, 0.25) is 0 Å². The summed E-state index contributed by atoms with van der Waals surface area (Å²) in [6, 6.07) is 0. The van der Waals surface area contributed by atoms with Crippen molar-refractivity contribution in [2.45, 2.75) is 11.0 Å². The Kier molecular flexibility index (Phi) is 2.10. The third-order valence-electron chi connectivity index (χ3n) is 0.880. The molecule has 0 bridgehead atoms. The van der Waals surface area contributed by atoms with Crippen molar-refractivity contribution in [1.29, 1.82) is 0 Å². The Morgan fingerprint density at radius 2 is 2.62 bits per heavy atom. The van der Waals surface area contributed by atoms with E-state index in [1.165, 1.54) is 11.8 Å². The molecule has 0 amide bonds. The minimum absolute atomic E-state index is 0.102. The first-order chi connectivity index (χ1) is 3.80. The van der Waals surface area contributed by atoms with Gasteiger partial charge in [-0.3, -0.25) is 0 Å². The fourth-order valence-electron chi connectivity index (χ4n) is 0.495. The van der Waals surface area contributed by atoms with Crippen LogP contribution in [0.3, 0.4) is 0 Å². The molecule has 0 aliphatic carbocycles. The van der Waals surface area contributed by atoms with Crippen molar-refractivity contribution in [3.63, 3.8) is 0 Å². The molecule has 4 heteroatoms. The second-order valence-corrected chi connectivity index (χ2v) is 3.98. The van der Waals surface area contributed by atoms with Crippen molar-refractivity contribution in [2.75, 3.05) is 0 Å². The van der Waals surface area contributed by atoms with Crippen LogP contribution in [0.15, 0.2) is 11.5 Å². The summed E-state index contributed by atoms with van der Waals surface area (Å²) < 4.78 is 18.6. The number of hydrogen-bond donors (Lipinski definition) is 1. The highest BCUT2D eigenvalue weighted by molar-refractivity contribution is 8.12. The number of thioether (sulfide) groups is 1. The quantitative estimate of drug-likeness (QED) is 0.570. The molecule has 0 saturated carbocycles. The van der Waals surface area contributed by atoms with Crippen molar-refractivity contribution in [1.82, 2.24) is 0 Å². The molecular formula is C4H6O2S2. The molecular weight excluding hydrogens is 144 g/mol. The average molecular weight is 150 g/mol. The summed E-state index contributed by atoms with van der Waals surface area (Å²) in [6.07, 6.45) is 2.64. The van der Waals surface area contributed by atoms with Gasteiger partial charge in [0.15, 0.2) is 11.1 Å². The first kappa shape index (κ1) is 6.32. The zero-order chi connectivity index (χ0) is 5.98. The van der Waals surface area contributed by atoms with E-state index in [0.29, 0.717) is 0 Å². The zero-order valence-electron chi connectivity index (χ0n) is 4.11. The van der Waals surface area contributed by atoms with Crippen LogP contribution in [-0.4, -0.2) is 13.3 Å². The third kappa shape index (κ3) is 1.34. The van der Waals surface area contributed by atoms with Gasteiger partial charge >= 0.3 is 0 Å². The molecule has 0 aromatic heterocycles. The summed E-state index contributed by atoms with van der Waals surface area (Å²) >= 11 is -0.221. The number of rotatable bonds is 1. The lowest BCUT2D eigenvalue weighted by atomic mass is 10.5. The Labute approximate surface area is 54.6 Å². The molecule has 0 spiro atoms. The minimum atomic E-state index is -1.64. The molecule has 0 aromatic rings. The first-order valence-corrected chi connectivity index (χ1v) is 4.32. The van der Waals surface area contributed by atoms with Crippen molar-refractivity contribution in [2.24, 2.45) is 0 Å². The van der Waals surface area contributed by atoms with Gasteiger partial charge in [-0.2, -0.15) is 0 Å². The van der Waals surface area contributed by atoms with Crippen molar-refractivity contribution < 1.29 is 8.76 Å². The van der Waals surface area contributed by atoms with Gasteiger partial charge in [0.1, 0.15) is 4.58 Å². The fourth-order valence-corrected chi connectivity index (χ4v) is 1.96. The molecule has 2 unspecified atom stereocenters. The molecule has 8 heavy (non-hydrogen) atoms. The Hall–Kier alpha value is 0.200. The van der Waals surface area contributed by atoms with E-state index >= 15 is 0 Å². The summed E-state index contributed by atoms with van der Waals surface area (Å²) in [5.74, 6) is 0. The van der Waals surface area contributed by atoms with E-state index in [4.69, 9.17) is 4.55 Å². The summed E-state index contributed by atoms with van der Waals surface area (Å²) in [5.41, 5.74) is 0. The fraction of sp³-hybridized carbons (Fsp3) is 0.500. The van der Waals surface area contributed by atoms with Crippen LogP contribution in [0, 0.1) is 0 Å². The highest BCUT2D eigenvalue weighted by Gasteiger charge is 2.15. The van der Waals surface area contributed by atoms with Gasteiger partial charge in [0.05, 0.1) is 0 Å². The highest BCUT2D eigenvalue weighted by Crippen LogP contribution is 2.25. The van der Waals surface area contributed by atoms with Gasteiger partial charge in [-0.25, -0.2) is 4.21 Å². The molecule has 1 N–H and O–H groups in total. The number of allylic oxidation sites excluding steroid dienone is 1. The maximum absolute atomic E-state index is 10.3. The molecule has 1 rings (SSSR count). The van der Waals surface area contributed by atoms with E-state index < -0.39 is 11.1 Å². The monoisotopic (exact) mass is 150 g/mol. The zero-order valence-corrected chi connectivity index (χ0v) is 5.74. The minimum Gasteiger partial charge on any atom is -0.305 e. The summed E-state index contributed by atoms with van der Waals surface area (Å²) in [7, 11) is 0. The van der Waals surface area contributed by atoms with Crippen LogP contribution in [0.25, 0.3) is 0 Å². The normalized spacial score (nSPS) is 30.9. The second kappa shape index (κ2) is 2.66. The lowest BCUT2D eigenvalue weighted by Crippen LogP contribution is -2.04. The standard InChI is InChI=1S/C4H6O2S2/c5-8(6)4-2-1-3-7-4/h1,3-4H,2H2,(H,5,6). The molecule has 0 saturated heterocycles. The number of hydrogen-bond acceptors (Lipinski definition) is 2. The topological polar surface area (TPSA) is 37.3 Å². The summed E-state index contributed by atoms with van der Waals surface area (Å²) in [5, 5.41) is 1.86. The van der Waals surface area contributed by atoms with Gasteiger partial charge in [-0.05, 0) is 11.8 Å². The van der Waals surface area contributed by atoms with Gasteiger partial charge < -0.3 is 4.55 Å². The lowest BCUT2D eigenvalue weighted by molar-refractivity contribution is 0.561. The van der Waals surface area contributed by atoms with Crippen LogP contribution in [-0.2, 0) is 11.1 Å². The molecule has 2 atom stereocenters. The molecule has 0 fully saturated rings.